The van der Waals surface area contributed by atoms with Gasteiger partial charge in [0.15, 0.2) is 0 Å². The Hall–Kier alpha value is -3.07. The number of ether oxygens (including phenoxy) is 2. The van der Waals surface area contributed by atoms with Gasteiger partial charge < -0.3 is 19.4 Å². The van der Waals surface area contributed by atoms with Crippen molar-refractivity contribution in [3.63, 3.8) is 0 Å². The summed E-state index contributed by atoms with van der Waals surface area (Å²) >= 11 is 0. The van der Waals surface area contributed by atoms with Crippen LogP contribution in [-0.2, 0) is 22.3 Å². The summed E-state index contributed by atoms with van der Waals surface area (Å²) in [6.07, 6.45) is -2.84. The Morgan fingerprint density at radius 3 is 2.72 bits per heavy atom. The number of nitrogens with zero attached hydrogens (tertiary/aromatic N) is 2. The number of anilines is 1. The van der Waals surface area contributed by atoms with E-state index in [0.717, 1.165) is 23.2 Å². The van der Waals surface area contributed by atoms with Crippen molar-refractivity contribution in [2.24, 2.45) is 0 Å². The van der Waals surface area contributed by atoms with Gasteiger partial charge in [-0.3, -0.25) is 4.79 Å². The number of benzene rings is 2. The first kappa shape index (κ1) is 20.7. The highest BCUT2D eigenvalue weighted by atomic mass is 19.4. The Bertz CT molecular complexity index is 986. The molecular weight excluding hydrogens is 387 g/mol. The summed E-state index contributed by atoms with van der Waals surface area (Å²) in [7, 11) is 1.48. The molecule has 0 saturated carbocycles. The van der Waals surface area contributed by atoms with Crippen molar-refractivity contribution in [2.45, 2.75) is 19.1 Å². The van der Waals surface area contributed by atoms with E-state index in [0.29, 0.717) is 6.54 Å². The Morgan fingerprint density at radius 2 is 1.97 bits per heavy atom. The molecule has 0 fully saturated rings. The molecule has 0 bridgehead atoms. The summed E-state index contributed by atoms with van der Waals surface area (Å²) in [5, 5.41) is 2.52. The molecule has 1 amide bonds. The largest absolute Gasteiger partial charge is 0.489 e. The second kappa shape index (κ2) is 8.95. The lowest BCUT2D eigenvalue weighted by atomic mass is 10.1. The van der Waals surface area contributed by atoms with Crippen LogP contribution in [0.1, 0.15) is 12.0 Å². The molecule has 3 aromatic rings. The number of aryl methyl sites for hydroxylation is 1. The number of amides is 1. The van der Waals surface area contributed by atoms with Crippen LogP contribution in [0.2, 0.25) is 0 Å². The summed E-state index contributed by atoms with van der Waals surface area (Å²) in [6.45, 7) is 0.749. The number of imidazole rings is 1. The maximum atomic E-state index is 13.0. The Labute approximate surface area is 165 Å². The zero-order valence-electron chi connectivity index (χ0n) is 15.7. The summed E-state index contributed by atoms with van der Waals surface area (Å²) in [5.41, 5.74) is 0.784. The quantitative estimate of drug-likeness (QED) is 0.571. The molecule has 0 spiro atoms. The molecule has 1 aromatic heterocycles. The molecule has 0 aliphatic heterocycles. The van der Waals surface area contributed by atoms with Crippen molar-refractivity contribution >= 4 is 22.6 Å². The maximum absolute atomic E-state index is 13.0. The van der Waals surface area contributed by atoms with E-state index in [2.05, 4.69) is 10.3 Å². The first-order valence-electron chi connectivity index (χ1n) is 8.91. The lowest BCUT2D eigenvalue weighted by molar-refractivity contribution is -0.137. The minimum Gasteiger partial charge on any atom is -0.489 e. The van der Waals surface area contributed by atoms with E-state index >= 15 is 0 Å². The Kier molecular flexibility index (Phi) is 6.38. The minimum absolute atomic E-state index is 0.0311. The molecule has 154 valence electrons. The maximum Gasteiger partial charge on any atom is 0.416 e. The van der Waals surface area contributed by atoms with Crippen molar-refractivity contribution in [2.75, 3.05) is 25.6 Å². The van der Waals surface area contributed by atoms with Crippen LogP contribution < -0.4 is 10.1 Å². The summed E-state index contributed by atoms with van der Waals surface area (Å²) in [5.74, 6) is -0.282. The third-order valence-corrected chi connectivity index (χ3v) is 4.23. The van der Waals surface area contributed by atoms with Gasteiger partial charge in [0.2, 0.25) is 5.91 Å². The topological polar surface area (TPSA) is 65.4 Å². The van der Waals surface area contributed by atoms with E-state index in [1.54, 1.807) is 6.33 Å². The molecule has 9 heteroatoms. The van der Waals surface area contributed by atoms with E-state index in [1.807, 2.05) is 28.8 Å². The number of aromatic nitrogens is 2. The number of hydrogen-bond acceptors (Lipinski definition) is 4. The summed E-state index contributed by atoms with van der Waals surface area (Å²) < 4.78 is 51.3. The highest BCUT2D eigenvalue weighted by molar-refractivity contribution is 5.92. The number of rotatable bonds is 8. The second-order valence-corrected chi connectivity index (χ2v) is 6.27. The van der Waals surface area contributed by atoms with E-state index in [9.17, 15) is 18.0 Å². The molecule has 3 rings (SSSR count). The second-order valence-electron chi connectivity index (χ2n) is 6.27. The van der Waals surface area contributed by atoms with Crippen LogP contribution in [0.3, 0.4) is 0 Å². The van der Waals surface area contributed by atoms with Crippen molar-refractivity contribution < 1.29 is 27.4 Å². The number of nitrogens with one attached hydrogen (secondary N) is 1. The number of carbonyl (C=O) groups excluding carboxylic acids is 1. The monoisotopic (exact) mass is 407 g/mol. The van der Waals surface area contributed by atoms with Gasteiger partial charge in [0.05, 0.1) is 35.2 Å². The molecule has 2 aromatic carbocycles. The molecule has 1 N–H and O–H groups in total. The predicted octanol–water partition coefficient (Wildman–Crippen LogP) is 4.11. The van der Waals surface area contributed by atoms with Crippen LogP contribution in [0, 0.1) is 0 Å². The molecule has 0 unspecified atom stereocenters. The van der Waals surface area contributed by atoms with E-state index in [1.165, 1.54) is 13.2 Å². The molecule has 6 nitrogen and oxygen atoms in total. The lowest BCUT2D eigenvalue weighted by Gasteiger charge is -2.15. The summed E-state index contributed by atoms with van der Waals surface area (Å²) in [4.78, 5) is 16.6. The molecule has 1 heterocycles. The molecule has 0 atom stereocenters. The van der Waals surface area contributed by atoms with Crippen LogP contribution in [-0.4, -0.2) is 35.8 Å². The number of fused-ring (bicyclic) bond motifs is 1. The average molecular weight is 407 g/mol. The highest BCUT2D eigenvalue weighted by Crippen LogP contribution is 2.35. The highest BCUT2D eigenvalue weighted by Gasteiger charge is 2.31. The third kappa shape index (κ3) is 5.26. The first-order valence-corrected chi connectivity index (χ1v) is 8.91. The van der Waals surface area contributed by atoms with E-state index in [4.69, 9.17) is 9.47 Å². The molecule has 0 radical (unpaired) electrons. The molecule has 29 heavy (non-hydrogen) atoms. The number of methoxy groups -OCH3 is 1. The average Bonchev–Trinajstić information content (AvgIpc) is 3.10. The summed E-state index contributed by atoms with van der Waals surface area (Å²) in [6, 6.07) is 10.4. The van der Waals surface area contributed by atoms with Crippen LogP contribution in [0.25, 0.3) is 11.0 Å². The minimum atomic E-state index is -4.53. The zero-order valence-corrected chi connectivity index (χ0v) is 15.7. The normalized spacial score (nSPS) is 11.6. The van der Waals surface area contributed by atoms with Crippen LogP contribution >= 0.6 is 0 Å². The number of alkyl halides is 3. The van der Waals surface area contributed by atoms with E-state index < -0.39 is 17.6 Å². The fraction of sp³-hybridized carbons (Fsp3) is 0.300. The number of hydrogen-bond donors (Lipinski definition) is 1. The van der Waals surface area contributed by atoms with Gasteiger partial charge >= 0.3 is 6.18 Å². The van der Waals surface area contributed by atoms with Crippen molar-refractivity contribution in [3.05, 3.63) is 54.4 Å². The predicted molar refractivity (Wildman–Crippen MR) is 102 cm³/mol. The zero-order chi connectivity index (χ0) is 20.9. The number of halogens is 3. The van der Waals surface area contributed by atoms with Gasteiger partial charge in [0.1, 0.15) is 12.4 Å². The Morgan fingerprint density at radius 1 is 1.17 bits per heavy atom. The van der Waals surface area contributed by atoms with Crippen molar-refractivity contribution in [1.29, 1.82) is 0 Å². The standard InChI is InChI=1S/C20H20F3N3O3/c1-28-10-11-29-18-7-6-14(20(21,22)23)12-16(18)25-19(27)8-9-26-13-24-15-4-2-3-5-17(15)26/h2-7,12-13H,8-11H2,1H3,(H,25,27). The third-order valence-electron chi connectivity index (χ3n) is 4.23. The molecular formula is C20H20F3N3O3. The van der Waals surface area contributed by atoms with E-state index in [-0.39, 0.29) is 31.1 Å². The van der Waals surface area contributed by atoms with Crippen molar-refractivity contribution in [1.82, 2.24) is 9.55 Å². The van der Waals surface area contributed by atoms with Gasteiger partial charge in [-0.25, -0.2) is 4.98 Å². The fourth-order valence-corrected chi connectivity index (χ4v) is 2.79. The molecule has 0 aliphatic rings. The van der Waals surface area contributed by atoms with Crippen LogP contribution in [0.15, 0.2) is 48.8 Å². The molecule has 0 aliphatic carbocycles. The molecule has 0 saturated heterocycles. The van der Waals surface area contributed by atoms with Gasteiger partial charge in [-0.15, -0.1) is 0 Å². The number of carbonyl (C=O) groups is 1. The fourth-order valence-electron chi connectivity index (χ4n) is 2.79. The van der Waals surface area contributed by atoms with Crippen LogP contribution in [0.4, 0.5) is 18.9 Å². The SMILES string of the molecule is COCCOc1ccc(C(F)(F)F)cc1NC(=O)CCn1cnc2ccccc21. The smallest absolute Gasteiger partial charge is 0.416 e. The van der Waals surface area contributed by atoms with Crippen LogP contribution in [0.5, 0.6) is 5.75 Å². The van der Waals surface area contributed by atoms with Gasteiger partial charge in [-0.05, 0) is 30.3 Å². The van der Waals surface area contributed by atoms with Gasteiger partial charge in [-0.2, -0.15) is 13.2 Å². The Balaban J connectivity index is 1.71. The number of para-hydroxylation sites is 2. The lowest BCUT2D eigenvalue weighted by Crippen LogP contribution is -2.16. The first-order chi connectivity index (χ1) is 13.9. The van der Waals surface area contributed by atoms with Gasteiger partial charge in [-0.1, -0.05) is 12.1 Å². The van der Waals surface area contributed by atoms with Crippen molar-refractivity contribution in [3.8, 4) is 5.75 Å². The van der Waals surface area contributed by atoms with Gasteiger partial charge in [0, 0.05) is 20.1 Å². The van der Waals surface area contributed by atoms with Gasteiger partial charge in [0.25, 0.3) is 0 Å².